The third-order valence-corrected chi connectivity index (χ3v) is 2.44. The van der Waals surface area contributed by atoms with Crippen LogP contribution in [0.15, 0.2) is 0 Å². The predicted molar refractivity (Wildman–Crippen MR) is 50.5 cm³/mol. The molecule has 14 heavy (non-hydrogen) atoms. The molecule has 0 spiro atoms. The van der Waals surface area contributed by atoms with Crippen LogP contribution in [0.5, 0.6) is 0 Å². The summed E-state index contributed by atoms with van der Waals surface area (Å²) in [6, 6.07) is -0.927. The first-order valence-electron chi connectivity index (χ1n) is 4.44. The second-order valence-corrected chi connectivity index (χ2v) is 3.31. The Bertz CT molecular complexity index is 320. The van der Waals surface area contributed by atoms with Crippen LogP contribution in [0.1, 0.15) is 23.0 Å². The van der Waals surface area contributed by atoms with Crippen molar-refractivity contribution in [3.8, 4) is 0 Å². The first-order valence-corrected chi connectivity index (χ1v) is 4.44. The van der Waals surface area contributed by atoms with Gasteiger partial charge in [0.2, 0.25) is 0 Å². The first kappa shape index (κ1) is 11.1. The lowest BCUT2D eigenvalue weighted by molar-refractivity contribution is 0.102. The number of hydrogen-bond donors (Lipinski definition) is 1. The lowest BCUT2D eigenvalue weighted by atomic mass is 10.1. The van der Waals surface area contributed by atoms with Crippen LogP contribution in [0.2, 0.25) is 0 Å². The number of aromatic nitrogens is 2. The summed E-state index contributed by atoms with van der Waals surface area (Å²) in [5.74, 6) is 0. The van der Waals surface area contributed by atoms with Crippen LogP contribution in [-0.2, 0) is 7.05 Å². The SMILES string of the molecule is CNC(c1c(C)nn(C)c1C)C(F)F. The number of nitrogens with zero attached hydrogens (tertiary/aromatic N) is 2. The minimum absolute atomic E-state index is 0.602. The van der Waals surface area contributed by atoms with Crippen molar-refractivity contribution in [3.05, 3.63) is 17.0 Å². The van der Waals surface area contributed by atoms with Crippen molar-refractivity contribution in [3.63, 3.8) is 0 Å². The number of halogens is 2. The fraction of sp³-hybridized carbons (Fsp3) is 0.667. The van der Waals surface area contributed by atoms with E-state index >= 15 is 0 Å². The molecule has 0 aliphatic heterocycles. The summed E-state index contributed by atoms with van der Waals surface area (Å²) in [4.78, 5) is 0. The molecule has 1 aromatic rings. The predicted octanol–water partition coefficient (Wildman–Crippen LogP) is 1.56. The molecule has 0 aliphatic rings. The van der Waals surface area contributed by atoms with Gasteiger partial charge >= 0.3 is 0 Å². The topological polar surface area (TPSA) is 29.9 Å². The molecule has 5 heteroatoms. The van der Waals surface area contributed by atoms with Crippen LogP contribution in [0.3, 0.4) is 0 Å². The highest BCUT2D eigenvalue weighted by molar-refractivity contribution is 5.28. The summed E-state index contributed by atoms with van der Waals surface area (Å²) in [6.45, 7) is 3.54. The zero-order valence-electron chi connectivity index (χ0n) is 8.81. The highest BCUT2D eigenvalue weighted by atomic mass is 19.3. The van der Waals surface area contributed by atoms with Crippen molar-refractivity contribution < 1.29 is 8.78 Å². The maximum atomic E-state index is 12.7. The second kappa shape index (κ2) is 4.04. The standard InChI is InChI=1S/C9H15F2N3/c1-5-7(6(2)14(4)13-5)8(12-3)9(10)11/h8-9,12H,1-4H3. The van der Waals surface area contributed by atoms with Crippen LogP contribution >= 0.6 is 0 Å². The molecule has 1 rings (SSSR count). The summed E-state index contributed by atoms with van der Waals surface area (Å²) >= 11 is 0. The van der Waals surface area contributed by atoms with Crippen molar-refractivity contribution in [2.45, 2.75) is 26.3 Å². The van der Waals surface area contributed by atoms with Crippen LogP contribution in [0, 0.1) is 13.8 Å². The summed E-state index contributed by atoms with van der Waals surface area (Å²) < 4.78 is 26.9. The highest BCUT2D eigenvalue weighted by Crippen LogP contribution is 2.25. The maximum Gasteiger partial charge on any atom is 0.257 e. The highest BCUT2D eigenvalue weighted by Gasteiger charge is 2.26. The molecule has 0 aromatic carbocycles. The fourth-order valence-electron chi connectivity index (χ4n) is 1.64. The van der Waals surface area contributed by atoms with Crippen LogP contribution < -0.4 is 5.32 Å². The number of rotatable bonds is 3. The van der Waals surface area contributed by atoms with Gasteiger partial charge in [-0.2, -0.15) is 5.10 Å². The molecular weight excluding hydrogens is 188 g/mol. The minimum atomic E-state index is -2.42. The molecule has 0 saturated carbocycles. The Morgan fingerprint density at radius 1 is 1.36 bits per heavy atom. The number of nitrogens with one attached hydrogen (secondary N) is 1. The summed E-state index contributed by atoms with van der Waals surface area (Å²) in [5, 5.41) is 6.71. The number of alkyl halides is 2. The van der Waals surface area contributed by atoms with E-state index in [1.807, 2.05) is 0 Å². The summed E-state index contributed by atoms with van der Waals surface area (Å²) in [5.41, 5.74) is 2.04. The Morgan fingerprint density at radius 2 is 1.93 bits per heavy atom. The molecule has 0 fully saturated rings. The third kappa shape index (κ3) is 1.77. The van der Waals surface area contributed by atoms with Crippen molar-refractivity contribution in [2.24, 2.45) is 7.05 Å². The van der Waals surface area contributed by atoms with E-state index in [1.165, 1.54) is 7.05 Å². The van der Waals surface area contributed by atoms with E-state index in [-0.39, 0.29) is 0 Å². The van der Waals surface area contributed by atoms with Crippen LogP contribution in [-0.4, -0.2) is 23.3 Å². The fourth-order valence-corrected chi connectivity index (χ4v) is 1.64. The molecule has 1 unspecified atom stereocenters. The summed E-state index contributed by atoms with van der Waals surface area (Å²) in [7, 11) is 3.28. The van der Waals surface area contributed by atoms with Gasteiger partial charge in [-0.1, -0.05) is 0 Å². The number of hydrogen-bond acceptors (Lipinski definition) is 2. The lowest BCUT2D eigenvalue weighted by Gasteiger charge is -2.15. The Kier molecular flexibility index (Phi) is 3.21. The first-order chi connectivity index (χ1) is 6.49. The van der Waals surface area contributed by atoms with Crippen LogP contribution in [0.4, 0.5) is 8.78 Å². The average molecular weight is 203 g/mol. The Morgan fingerprint density at radius 3 is 2.21 bits per heavy atom. The van der Waals surface area contributed by atoms with Crippen molar-refractivity contribution in [1.29, 1.82) is 0 Å². The Hall–Kier alpha value is -0.970. The van der Waals surface area contributed by atoms with E-state index in [0.717, 1.165) is 5.69 Å². The molecule has 1 heterocycles. The molecular formula is C9H15F2N3. The third-order valence-electron chi connectivity index (χ3n) is 2.44. The molecule has 0 amide bonds. The largest absolute Gasteiger partial charge is 0.308 e. The van der Waals surface area contributed by atoms with E-state index in [2.05, 4.69) is 10.4 Å². The van der Waals surface area contributed by atoms with Gasteiger partial charge < -0.3 is 5.32 Å². The molecule has 0 aliphatic carbocycles. The normalized spacial score (nSPS) is 13.6. The van der Waals surface area contributed by atoms with Crippen LogP contribution in [0.25, 0.3) is 0 Å². The monoisotopic (exact) mass is 203 g/mol. The van der Waals surface area contributed by atoms with E-state index in [0.29, 0.717) is 11.3 Å². The second-order valence-electron chi connectivity index (χ2n) is 3.31. The smallest absolute Gasteiger partial charge is 0.257 e. The summed E-state index contributed by atoms with van der Waals surface area (Å²) in [6.07, 6.45) is -2.42. The number of aryl methyl sites for hydroxylation is 2. The van der Waals surface area contributed by atoms with Crippen molar-refractivity contribution in [2.75, 3.05) is 7.05 Å². The van der Waals surface area contributed by atoms with Gasteiger partial charge in [-0.3, -0.25) is 4.68 Å². The zero-order chi connectivity index (χ0) is 10.9. The van der Waals surface area contributed by atoms with Gasteiger partial charge in [0.1, 0.15) is 0 Å². The molecule has 3 nitrogen and oxygen atoms in total. The van der Waals surface area contributed by atoms with Crippen molar-refractivity contribution in [1.82, 2.24) is 15.1 Å². The zero-order valence-corrected chi connectivity index (χ0v) is 8.81. The molecule has 1 N–H and O–H groups in total. The van der Waals surface area contributed by atoms with Gasteiger partial charge in [0.05, 0.1) is 11.7 Å². The van der Waals surface area contributed by atoms with Gasteiger partial charge in [-0.05, 0) is 20.9 Å². The maximum absolute atomic E-state index is 12.7. The van der Waals surface area contributed by atoms with E-state index < -0.39 is 12.5 Å². The molecule has 0 radical (unpaired) electrons. The van der Waals surface area contributed by atoms with E-state index in [1.54, 1.807) is 25.6 Å². The van der Waals surface area contributed by atoms with Gasteiger partial charge in [0.15, 0.2) is 0 Å². The molecule has 0 bridgehead atoms. The molecule has 0 saturated heterocycles. The molecule has 1 aromatic heterocycles. The lowest BCUT2D eigenvalue weighted by Crippen LogP contribution is -2.24. The van der Waals surface area contributed by atoms with Gasteiger partial charge in [-0.15, -0.1) is 0 Å². The molecule has 1 atom stereocenters. The van der Waals surface area contributed by atoms with E-state index in [4.69, 9.17) is 0 Å². The van der Waals surface area contributed by atoms with Gasteiger partial charge in [0, 0.05) is 18.3 Å². The Balaban J connectivity index is 3.15. The Labute approximate surface area is 82.1 Å². The van der Waals surface area contributed by atoms with Gasteiger partial charge in [0.25, 0.3) is 6.43 Å². The molecule has 80 valence electrons. The van der Waals surface area contributed by atoms with E-state index in [9.17, 15) is 8.78 Å². The average Bonchev–Trinajstić information content (AvgIpc) is 2.32. The minimum Gasteiger partial charge on any atom is -0.308 e. The van der Waals surface area contributed by atoms with Crippen molar-refractivity contribution >= 4 is 0 Å². The van der Waals surface area contributed by atoms with Gasteiger partial charge in [-0.25, -0.2) is 8.78 Å². The quantitative estimate of drug-likeness (QED) is 0.808.